The number of aromatic nitrogens is 2. The van der Waals surface area contributed by atoms with Gasteiger partial charge in [-0.1, -0.05) is 24.3 Å². The Morgan fingerprint density at radius 1 is 0.833 bits per heavy atom. The topological polar surface area (TPSA) is 93.1 Å². The largest absolute Gasteiger partial charge is 0.493 e. The molecule has 9 heteroatoms. The third kappa shape index (κ3) is 5.14. The normalized spacial score (nSPS) is 10.7. The van der Waals surface area contributed by atoms with Crippen molar-refractivity contribution in [2.75, 3.05) is 35.0 Å². The highest BCUT2D eigenvalue weighted by Crippen LogP contribution is 2.38. The van der Waals surface area contributed by atoms with E-state index in [1.54, 1.807) is 19.2 Å². The standard InChI is InChI=1S/C27H29N3O6/c1-32-21-11-7-8-12-22(21)36-14-13-30-20-10-6-5-9-19(20)29-25(30)17-28-27(31)18-15-23(33-2)26(35-4)24(16-18)34-3/h5-12,15-16H,13-14,17H2,1-4H3,(H,28,31). The summed E-state index contributed by atoms with van der Waals surface area (Å²) < 4.78 is 29.4. The molecule has 1 aromatic heterocycles. The van der Waals surface area contributed by atoms with E-state index in [2.05, 4.69) is 5.32 Å². The van der Waals surface area contributed by atoms with Gasteiger partial charge in [-0.05, 0) is 36.4 Å². The van der Waals surface area contributed by atoms with E-state index in [1.165, 1.54) is 21.3 Å². The Hall–Kier alpha value is -4.40. The van der Waals surface area contributed by atoms with Crippen molar-refractivity contribution >= 4 is 16.9 Å². The zero-order chi connectivity index (χ0) is 25.5. The number of hydrogen-bond donors (Lipinski definition) is 1. The van der Waals surface area contributed by atoms with Crippen LogP contribution in [-0.4, -0.2) is 50.5 Å². The Morgan fingerprint density at radius 3 is 2.14 bits per heavy atom. The van der Waals surface area contributed by atoms with E-state index in [4.69, 9.17) is 28.7 Å². The lowest BCUT2D eigenvalue weighted by Crippen LogP contribution is -2.25. The summed E-state index contributed by atoms with van der Waals surface area (Å²) in [6.45, 7) is 1.15. The lowest BCUT2D eigenvalue weighted by molar-refractivity contribution is 0.0948. The number of rotatable bonds is 11. The van der Waals surface area contributed by atoms with Gasteiger partial charge in [0.15, 0.2) is 23.0 Å². The summed E-state index contributed by atoms with van der Waals surface area (Å²) in [6, 6.07) is 18.6. The van der Waals surface area contributed by atoms with Crippen LogP contribution in [0, 0.1) is 0 Å². The molecule has 0 atom stereocenters. The smallest absolute Gasteiger partial charge is 0.251 e. The minimum absolute atomic E-state index is 0.221. The predicted molar refractivity (Wildman–Crippen MR) is 135 cm³/mol. The van der Waals surface area contributed by atoms with Gasteiger partial charge in [-0.25, -0.2) is 4.98 Å². The summed E-state index contributed by atoms with van der Waals surface area (Å²) in [4.78, 5) is 17.7. The van der Waals surface area contributed by atoms with Crippen LogP contribution in [0.2, 0.25) is 0 Å². The minimum atomic E-state index is -0.293. The first-order chi connectivity index (χ1) is 17.6. The number of para-hydroxylation sites is 4. The van der Waals surface area contributed by atoms with Gasteiger partial charge in [-0.2, -0.15) is 0 Å². The minimum Gasteiger partial charge on any atom is -0.493 e. The quantitative estimate of drug-likeness (QED) is 0.338. The van der Waals surface area contributed by atoms with Gasteiger partial charge in [0.2, 0.25) is 5.75 Å². The Kier molecular flexibility index (Phi) is 7.79. The molecule has 1 heterocycles. The van der Waals surface area contributed by atoms with Gasteiger partial charge in [0.1, 0.15) is 12.4 Å². The highest BCUT2D eigenvalue weighted by molar-refractivity contribution is 5.95. The van der Waals surface area contributed by atoms with Crippen LogP contribution in [0.4, 0.5) is 0 Å². The van der Waals surface area contributed by atoms with Crippen LogP contribution in [0.5, 0.6) is 28.7 Å². The zero-order valence-corrected chi connectivity index (χ0v) is 20.7. The molecule has 9 nitrogen and oxygen atoms in total. The number of imidazole rings is 1. The first-order valence-corrected chi connectivity index (χ1v) is 11.4. The fourth-order valence-corrected chi connectivity index (χ4v) is 3.97. The van der Waals surface area contributed by atoms with E-state index in [1.807, 2.05) is 53.1 Å². The maximum absolute atomic E-state index is 13.0. The van der Waals surface area contributed by atoms with Crippen LogP contribution in [0.25, 0.3) is 11.0 Å². The summed E-state index contributed by atoms with van der Waals surface area (Å²) in [5.74, 6) is 2.99. The van der Waals surface area contributed by atoms with Crippen LogP contribution < -0.4 is 29.0 Å². The van der Waals surface area contributed by atoms with E-state index >= 15 is 0 Å². The first kappa shape index (κ1) is 24.7. The van der Waals surface area contributed by atoms with Crippen molar-refractivity contribution in [2.24, 2.45) is 0 Å². The number of fused-ring (bicyclic) bond motifs is 1. The SMILES string of the molecule is COc1ccccc1OCCn1c(CNC(=O)c2cc(OC)c(OC)c(OC)c2)nc2ccccc21. The van der Waals surface area contributed by atoms with Crippen molar-refractivity contribution < 1.29 is 28.5 Å². The summed E-state index contributed by atoms with van der Waals surface area (Å²) in [5.41, 5.74) is 2.18. The average Bonchev–Trinajstić information content (AvgIpc) is 3.28. The molecule has 36 heavy (non-hydrogen) atoms. The second-order valence-corrected chi connectivity index (χ2v) is 7.76. The molecule has 188 valence electrons. The van der Waals surface area contributed by atoms with Crippen molar-refractivity contribution in [1.82, 2.24) is 14.9 Å². The highest BCUT2D eigenvalue weighted by Gasteiger charge is 2.18. The molecule has 0 saturated heterocycles. The fraction of sp³-hybridized carbons (Fsp3) is 0.259. The molecule has 4 rings (SSSR count). The molecule has 3 aromatic carbocycles. The molecule has 0 fully saturated rings. The van der Waals surface area contributed by atoms with Crippen molar-refractivity contribution in [2.45, 2.75) is 13.1 Å². The summed E-state index contributed by atoms with van der Waals surface area (Å²) in [6.07, 6.45) is 0. The van der Waals surface area contributed by atoms with Crippen molar-refractivity contribution in [3.63, 3.8) is 0 Å². The van der Waals surface area contributed by atoms with Gasteiger partial charge in [0.05, 0.1) is 52.6 Å². The number of carbonyl (C=O) groups excluding carboxylic acids is 1. The molecule has 0 aliphatic rings. The number of amides is 1. The Labute approximate surface area is 209 Å². The van der Waals surface area contributed by atoms with Crippen LogP contribution in [0.3, 0.4) is 0 Å². The van der Waals surface area contributed by atoms with Crippen molar-refractivity contribution in [3.8, 4) is 28.7 Å². The van der Waals surface area contributed by atoms with Gasteiger partial charge in [-0.15, -0.1) is 0 Å². The Bertz CT molecular complexity index is 1330. The van der Waals surface area contributed by atoms with E-state index in [9.17, 15) is 4.79 Å². The fourth-order valence-electron chi connectivity index (χ4n) is 3.97. The number of nitrogens with zero attached hydrogens (tertiary/aromatic N) is 2. The zero-order valence-electron chi connectivity index (χ0n) is 20.7. The number of nitrogens with one attached hydrogen (secondary N) is 1. The molecule has 0 aliphatic heterocycles. The van der Waals surface area contributed by atoms with E-state index in [0.29, 0.717) is 53.3 Å². The van der Waals surface area contributed by atoms with Gasteiger partial charge < -0.3 is 33.6 Å². The highest BCUT2D eigenvalue weighted by atomic mass is 16.5. The molecular formula is C27H29N3O6. The Morgan fingerprint density at radius 2 is 1.47 bits per heavy atom. The number of hydrogen-bond acceptors (Lipinski definition) is 7. The monoisotopic (exact) mass is 491 g/mol. The van der Waals surface area contributed by atoms with Crippen LogP contribution in [0.15, 0.2) is 60.7 Å². The van der Waals surface area contributed by atoms with Crippen LogP contribution in [-0.2, 0) is 13.1 Å². The van der Waals surface area contributed by atoms with E-state index in [-0.39, 0.29) is 12.5 Å². The van der Waals surface area contributed by atoms with Gasteiger partial charge in [0.25, 0.3) is 5.91 Å². The molecule has 0 saturated carbocycles. The van der Waals surface area contributed by atoms with Gasteiger partial charge in [-0.3, -0.25) is 4.79 Å². The number of methoxy groups -OCH3 is 4. The maximum atomic E-state index is 13.0. The summed E-state index contributed by atoms with van der Waals surface area (Å²) in [7, 11) is 6.14. The van der Waals surface area contributed by atoms with Gasteiger partial charge >= 0.3 is 0 Å². The number of benzene rings is 3. The maximum Gasteiger partial charge on any atom is 0.251 e. The third-order valence-corrected chi connectivity index (χ3v) is 5.71. The number of carbonyl (C=O) groups is 1. The van der Waals surface area contributed by atoms with Crippen molar-refractivity contribution in [3.05, 3.63) is 72.1 Å². The lowest BCUT2D eigenvalue weighted by atomic mass is 10.1. The summed E-state index contributed by atoms with van der Waals surface area (Å²) in [5, 5.41) is 2.95. The van der Waals surface area contributed by atoms with Crippen LogP contribution >= 0.6 is 0 Å². The average molecular weight is 492 g/mol. The molecule has 0 spiro atoms. The van der Waals surface area contributed by atoms with E-state index < -0.39 is 0 Å². The van der Waals surface area contributed by atoms with Crippen LogP contribution in [0.1, 0.15) is 16.2 Å². The molecule has 1 N–H and O–H groups in total. The van der Waals surface area contributed by atoms with Gasteiger partial charge in [0, 0.05) is 5.56 Å². The third-order valence-electron chi connectivity index (χ3n) is 5.71. The number of ether oxygens (including phenoxy) is 5. The molecule has 4 aromatic rings. The Balaban J connectivity index is 1.52. The van der Waals surface area contributed by atoms with Crippen molar-refractivity contribution in [1.29, 1.82) is 0 Å². The second kappa shape index (κ2) is 11.4. The first-order valence-electron chi connectivity index (χ1n) is 11.4. The molecule has 0 unspecified atom stereocenters. The molecular weight excluding hydrogens is 462 g/mol. The lowest BCUT2D eigenvalue weighted by Gasteiger charge is -2.15. The molecule has 0 radical (unpaired) electrons. The molecule has 0 bridgehead atoms. The predicted octanol–water partition coefficient (Wildman–Crippen LogP) is 4.08. The molecule has 1 amide bonds. The molecule has 0 aliphatic carbocycles. The second-order valence-electron chi connectivity index (χ2n) is 7.76. The van der Waals surface area contributed by atoms with E-state index in [0.717, 1.165) is 11.0 Å². The summed E-state index contributed by atoms with van der Waals surface area (Å²) >= 11 is 0.